The summed E-state index contributed by atoms with van der Waals surface area (Å²) in [6, 6.07) is 1.77. The first-order chi connectivity index (χ1) is 5.77. The van der Waals surface area contributed by atoms with Crippen molar-refractivity contribution in [3.05, 3.63) is 18.0 Å². The van der Waals surface area contributed by atoms with E-state index in [2.05, 4.69) is 4.98 Å². The molecule has 0 aliphatic carbocycles. The second-order valence-corrected chi connectivity index (χ2v) is 3.51. The van der Waals surface area contributed by atoms with Gasteiger partial charge < -0.3 is 0 Å². The predicted octanol–water partition coefficient (Wildman–Crippen LogP) is 0.800. The second kappa shape index (κ2) is 4.31. The Morgan fingerprint density at radius 3 is 3.08 bits per heavy atom. The van der Waals surface area contributed by atoms with Crippen LogP contribution in [0.3, 0.4) is 0 Å². The number of aldehydes is 1. The average Bonchev–Trinajstić information content (AvgIpc) is 2.05. The van der Waals surface area contributed by atoms with Crippen LogP contribution in [0.1, 0.15) is 17.4 Å². The van der Waals surface area contributed by atoms with Crippen molar-refractivity contribution in [2.24, 2.45) is 0 Å². The molecule has 1 heterocycles. The number of hydrogen-bond donors (Lipinski definition) is 0. The number of thioether (sulfide) groups is 1. The van der Waals surface area contributed by atoms with Gasteiger partial charge in [-0.1, -0.05) is 18.5 Å². The fourth-order valence-corrected chi connectivity index (χ4v) is 1.61. The molecule has 0 atom stereocenters. The molecule has 1 aromatic rings. The molecule has 2 radical (unpaired) electrons. The molecule has 0 bridgehead atoms. The van der Waals surface area contributed by atoms with Crippen LogP contribution < -0.4 is 5.46 Å². The van der Waals surface area contributed by atoms with Crippen molar-refractivity contribution >= 4 is 31.4 Å². The fourth-order valence-electron chi connectivity index (χ4n) is 0.830. The van der Waals surface area contributed by atoms with Crippen LogP contribution in [0, 0.1) is 0 Å². The lowest BCUT2D eigenvalue weighted by Crippen LogP contribution is -2.06. The Balaban J connectivity index is 3.03. The third-order valence-corrected chi connectivity index (χ3v) is 2.24. The van der Waals surface area contributed by atoms with Gasteiger partial charge in [0.2, 0.25) is 0 Å². The molecule has 0 saturated carbocycles. The molecule has 2 nitrogen and oxygen atoms in total. The first-order valence-electron chi connectivity index (χ1n) is 3.61. The van der Waals surface area contributed by atoms with Crippen LogP contribution in [0.15, 0.2) is 17.2 Å². The molecule has 0 unspecified atom stereocenters. The molecule has 0 N–H and O–H groups in total. The van der Waals surface area contributed by atoms with Crippen LogP contribution in [0.4, 0.5) is 0 Å². The molecule has 0 aliphatic heterocycles. The van der Waals surface area contributed by atoms with Crippen molar-refractivity contribution < 1.29 is 4.79 Å². The van der Waals surface area contributed by atoms with Crippen LogP contribution in [0.2, 0.25) is 0 Å². The Bertz CT molecular complexity index is 290. The van der Waals surface area contributed by atoms with Crippen LogP contribution >= 0.6 is 11.8 Å². The van der Waals surface area contributed by atoms with E-state index < -0.39 is 0 Å². The second-order valence-electron chi connectivity index (χ2n) is 2.20. The monoisotopic (exact) mass is 177 g/mol. The number of hydrogen-bond acceptors (Lipinski definition) is 3. The highest BCUT2D eigenvalue weighted by molar-refractivity contribution is 7.99. The van der Waals surface area contributed by atoms with Gasteiger partial charge in [-0.2, -0.15) is 0 Å². The zero-order chi connectivity index (χ0) is 8.97. The minimum atomic E-state index is 0.469. The lowest BCUT2D eigenvalue weighted by molar-refractivity contribution is 0.111. The topological polar surface area (TPSA) is 30.0 Å². The standard InChI is InChI=1S/C8H8BNOS/c1-2-12-8-3-6(9)4-10-7(8)5-11/h3-5H,2H2,1H3. The highest BCUT2D eigenvalue weighted by Gasteiger charge is 2.01. The highest BCUT2D eigenvalue weighted by Crippen LogP contribution is 2.17. The molecule has 4 heteroatoms. The first kappa shape index (κ1) is 9.32. The number of nitrogens with zero attached hydrogens (tertiary/aromatic N) is 1. The molecule has 0 saturated heterocycles. The smallest absolute Gasteiger partial charge is 0.169 e. The third-order valence-electron chi connectivity index (χ3n) is 1.31. The van der Waals surface area contributed by atoms with Gasteiger partial charge in [0.15, 0.2) is 6.29 Å². The third kappa shape index (κ3) is 2.11. The maximum atomic E-state index is 10.5. The number of aromatic nitrogens is 1. The van der Waals surface area contributed by atoms with Gasteiger partial charge in [-0.05, 0) is 5.75 Å². The summed E-state index contributed by atoms with van der Waals surface area (Å²) in [5, 5.41) is 0. The van der Waals surface area contributed by atoms with Crippen molar-refractivity contribution in [2.45, 2.75) is 11.8 Å². The van der Waals surface area contributed by atoms with Gasteiger partial charge in [-0.15, -0.1) is 11.8 Å². The Labute approximate surface area is 77.2 Å². The van der Waals surface area contributed by atoms with E-state index in [9.17, 15) is 4.79 Å². The molecular formula is C8H8BNOS. The van der Waals surface area contributed by atoms with Gasteiger partial charge in [0, 0.05) is 11.1 Å². The fraction of sp³-hybridized carbons (Fsp3) is 0.250. The van der Waals surface area contributed by atoms with Crippen molar-refractivity contribution in [1.82, 2.24) is 4.98 Å². The Morgan fingerprint density at radius 1 is 1.75 bits per heavy atom. The Kier molecular flexibility index (Phi) is 3.35. The summed E-state index contributed by atoms with van der Waals surface area (Å²) in [5.41, 5.74) is 1.06. The summed E-state index contributed by atoms with van der Waals surface area (Å²) in [4.78, 5) is 15.3. The summed E-state index contributed by atoms with van der Waals surface area (Å²) in [5.74, 6) is 0.909. The van der Waals surface area contributed by atoms with Crippen molar-refractivity contribution in [2.75, 3.05) is 5.75 Å². The molecule has 0 amide bonds. The largest absolute Gasteiger partial charge is 0.296 e. The van der Waals surface area contributed by atoms with Gasteiger partial charge in [-0.3, -0.25) is 9.78 Å². The zero-order valence-corrected chi connectivity index (χ0v) is 7.60. The minimum Gasteiger partial charge on any atom is -0.296 e. The number of rotatable bonds is 3. The van der Waals surface area contributed by atoms with Crippen molar-refractivity contribution in [3.63, 3.8) is 0 Å². The quantitative estimate of drug-likeness (QED) is 0.388. The summed E-state index contributed by atoms with van der Waals surface area (Å²) < 4.78 is 0. The van der Waals surface area contributed by atoms with Gasteiger partial charge in [0.1, 0.15) is 13.5 Å². The summed E-state index contributed by atoms with van der Waals surface area (Å²) in [7, 11) is 5.52. The molecule has 0 aliphatic rings. The normalized spacial score (nSPS) is 9.75. The zero-order valence-electron chi connectivity index (χ0n) is 6.78. The molecule has 0 aromatic carbocycles. The van der Waals surface area contributed by atoms with Gasteiger partial charge in [-0.25, -0.2) is 0 Å². The molecule has 12 heavy (non-hydrogen) atoms. The van der Waals surface area contributed by atoms with E-state index in [4.69, 9.17) is 7.85 Å². The lowest BCUT2D eigenvalue weighted by Gasteiger charge is -2.02. The van der Waals surface area contributed by atoms with Crippen LogP contribution in [0.5, 0.6) is 0 Å². The van der Waals surface area contributed by atoms with E-state index in [-0.39, 0.29) is 0 Å². The SMILES string of the molecule is [B]c1cnc(C=O)c(SCC)c1. The summed E-state index contributed by atoms with van der Waals surface area (Å²) >= 11 is 1.57. The molecule has 0 fully saturated rings. The molecule has 60 valence electrons. The average molecular weight is 177 g/mol. The van der Waals surface area contributed by atoms with Gasteiger partial charge in [0.25, 0.3) is 0 Å². The predicted molar refractivity (Wildman–Crippen MR) is 51.4 cm³/mol. The minimum absolute atomic E-state index is 0.469. The van der Waals surface area contributed by atoms with E-state index in [1.54, 1.807) is 17.8 Å². The number of carbonyl (C=O) groups excluding carboxylic acids is 1. The molecule has 1 rings (SSSR count). The lowest BCUT2D eigenvalue weighted by atomic mass is 9.99. The highest BCUT2D eigenvalue weighted by atomic mass is 32.2. The van der Waals surface area contributed by atoms with Crippen LogP contribution in [-0.2, 0) is 0 Å². The van der Waals surface area contributed by atoms with Crippen LogP contribution in [-0.4, -0.2) is 24.9 Å². The van der Waals surface area contributed by atoms with Crippen molar-refractivity contribution in [3.8, 4) is 0 Å². The van der Waals surface area contributed by atoms with Gasteiger partial charge in [0.05, 0.1) is 0 Å². The summed E-state index contributed by atoms with van der Waals surface area (Å²) in [6.07, 6.45) is 2.24. The van der Waals surface area contributed by atoms with E-state index in [0.717, 1.165) is 16.9 Å². The summed E-state index contributed by atoms with van der Waals surface area (Å²) in [6.45, 7) is 2.02. The van der Waals surface area contributed by atoms with E-state index >= 15 is 0 Å². The Hall–Kier alpha value is -0.765. The maximum absolute atomic E-state index is 10.5. The number of pyridine rings is 1. The number of carbonyl (C=O) groups is 1. The molecule has 1 aromatic heterocycles. The van der Waals surface area contributed by atoms with Crippen LogP contribution in [0.25, 0.3) is 0 Å². The molecule has 0 spiro atoms. The van der Waals surface area contributed by atoms with E-state index in [1.165, 1.54) is 6.20 Å². The molecular weight excluding hydrogens is 169 g/mol. The van der Waals surface area contributed by atoms with E-state index in [1.807, 2.05) is 6.92 Å². The van der Waals surface area contributed by atoms with Crippen molar-refractivity contribution in [1.29, 1.82) is 0 Å². The van der Waals surface area contributed by atoms with E-state index in [0.29, 0.717) is 11.2 Å². The first-order valence-corrected chi connectivity index (χ1v) is 4.60. The Morgan fingerprint density at radius 2 is 2.50 bits per heavy atom. The van der Waals surface area contributed by atoms with Gasteiger partial charge >= 0.3 is 0 Å². The maximum Gasteiger partial charge on any atom is 0.169 e.